The van der Waals surface area contributed by atoms with E-state index in [9.17, 15) is 4.79 Å². The number of nitrogens with two attached hydrogens (primary N) is 2. The predicted molar refractivity (Wildman–Crippen MR) is 82.6 cm³/mol. The fourth-order valence-corrected chi connectivity index (χ4v) is 2.16. The molecule has 0 fully saturated rings. The first-order chi connectivity index (χ1) is 9.56. The Bertz CT molecular complexity index is 596. The third-order valence-corrected chi connectivity index (χ3v) is 3.12. The molecule has 2 rings (SSSR count). The summed E-state index contributed by atoms with van der Waals surface area (Å²) in [6, 6.07) is 15.7. The first-order valence-corrected chi connectivity index (χ1v) is 6.56. The molecule has 0 aromatic heterocycles. The maximum atomic E-state index is 11.3. The average Bonchev–Trinajstić information content (AvgIpc) is 2.41. The van der Waals surface area contributed by atoms with Gasteiger partial charge < -0.3 is 16.8 Å². The van der Waals surface area contributed by atoms with Gasteiger partial charge in [-0.3, -0.25) is 4.79 Å². The smallest absolute Gasteiger partial charge is 0.250 e. The van der Waals surface area contributed by atoms with Crippen molar-refractivity contribution in [2.75, 3.05) is 11.1 Å². The Morgan fingerprint density at radius 3 is 2.55 bits per heavy atom. The Balaban J connectivity index is 2.06. The van der Waals surface area contributed by atoms with Crippen LogP contribution in [0.5, 0.6) is 0 Å². The second kappa shape index (κ2) is 6.10. The first-order valence-electron chi connectivity index (χ1n) is 6.56. The standard InChI is InChI=1S/C16H19N3O/c1-11(9-12-5-3-2-4-6-12)19-13-7-8-15(17)14(10-13)16(18)20/h2-8,10-11,19H,9,17H2,1H3,(H2,18,20). The summed E-state index contributed by atoms with van der Waals surface area (Å²) in [5.74, 6) is -0.512. The molecule has 5 N–H and O–H groups in total. The zero-order valence-electron chi connectivity index (χ0n) is 11.5. The van der Waals surface area contributed by atoms with Crippen LogP contribution in [0.15, 0.2) is 48.5 Å². The highest BCUT2D eigenvalue weighted by Gasteiger charge is 2.08. The van der Waals surface area contributed by atoms with E-state index in [0.717, 1.165) is 12.1 Å². The van der Waals surface area contributed by atoms with E-state index in [1.165, 1.54) is 5.56 Å². The molecule has 0 aliphatic rings. The third-order valence-electron chi connectivity index (χ3n) is 3.12. The van der Waals surface area contributed by atoms with Crippen LogP contribution in [-0.4, -0.2) is 11.9 Å². The van der Waals surface area contributed by atoms with E-state index in [1.54, 1.807) is 12.1 Å². The molecule has 0 bridgehead atoms. The van der Waals surface area contributed by atoms with Crippen molar-refractivity contribution in [3.63, 3.8) is 0 Å². The number of rotatable bonds is 5. The highest BCUT2D eigenvalue weighted by atomic mass is 16.1. The number of hydrogen-bond acceptors (Lipinski definition) is 3. The molecule has 0 spiro atoms. The summed E-state index contributed by atoms with van der Waals surface area (Å²) >= 11 is 0. The van der Waals surface area contributed by atoms with Crippen molar-refractivity contribution in [2.45, 2.75) is 19.4 Å². The predicted octanol–water partition coefficient (Wildman–Crippen LogP) is 2.41. The van der Waals surface area contributed by atoms with Crippen LogP contribution in [0.4, 0.5) is 11.4 Å². The second-order valence-electron chi connectivity index (χ2n) is 4.90. The highest BCUT2D eigenvalue weighted by Crippen LogP contribution is 2.18. The van der Waals surface area contributed by atoms with Crippen molar-refractivity contribution in [3.8, 4) is 0 Å². The molecule has 104 valence electrons. The Morgan fingerprint density at radius 2 is 1.90 bits per heavy atom. The molecule has 2 aromatic carbocycles. The fraction of sp³-hybridized carbons (Fsp3) is 0.188. The summed E-state index contributed by atoms with van der Waals surface area (Å²) in [5.41, 5.74) is 13.9. The normalized spacial score (nSPS) is 11.8. The van der Waals surface area contributed by atoms with Gasteiger partial charge in [-0.2, -0.15) is 0 Å². The van der Waals surface area contributed by atoms with Gasteiger partial charge in [-0.15, -0.1) is 0 Å². The van der Waals surface area contributed by atoms with Crippen LogP contribution in [-0.2, 0) is 6.42 Å². The molecule has 1 amide bonds. The van der Waals surface area contributed by atoms with Crippen LogP contribution >= 0.6 is 0 Å². The molecule has 4 nitrogen and oxygen atoms in total. The number of nitrogens with one attached hydrogen (secondary N) is 1. The van der Waals surface area contributed by atoms with E-state index in [4.69, 9.17) is 11.5 Å². The van der Waals surface area contributed by atoms with Crippen molar-refractivity contribution in [1.29, 1.82) is 0 Å². The second-order valence-corrected chi connectivity index (χ2v) is 4.90. The van der Waals surface area contributed by atoms with Gasteiger partial charge in [0.2, 0.25) is 0 Å². The summed E-state index contributed by atoms with van der Waals surface area (Å²) in [6.07, 6.45) is 0.900. The van der Waals surface area contributed by atoms with E-state index in [0.29, 0.717) is 11.3 Å². The van der Waals surface area contributed by atoms with E-state index in [1.807, 2.05) is 24.3 Å². The van der Waals surface area contributed by atoms with Gasteiger partial charge >= 0.3 is 0 Å². The van der Waals surface area contributed by atoms with Crippen LogP contribution in [0.3, 0.4) is 0 Å². The van der Waals surface area contributed by atoms with E-state index >= 15 is 0 Å². The summed E-state index contributed by atoms with van der Waals surface area (Å²) in [6.45, 7) is 2.09. The minimum absolute atomic E-state index is 0.238. The molecule has 0 radical (unpaired) electrons. The Hall–Kier alpha value is -2.49. The lowest BCUT2D eigenvalue weighted by Crippen LogP contribution is -2.19. The third kappa shape index (κ3) is 3.51. The number of anilines is 2. The van der Waals surface area contributed by atoms with E-state index < -0.39 is 5.91 Å². The van der Waals surface area contributed by atoms with Gasteiger partial charge in [0.05, 0.1) is 5.56 Å². The average molecular weight is 269 g/mol. The van der Waals surface area contributed by atoms with Gasteiger partial charge in [0.15, 0.2) is 0 Å². The van der Waals surface area contributed by atoms with Crippen LogP contribution in [0, 0.1) is 0 Å². The van der Waals surface area contributed by atoms with E-state index in [2.05, 4.69) is 24.4 Å². The largest absolute Gasteiger partial charge is 0.398 e. The molecule has 20 heavy (non-hydrogen) atoms. The SMILES string of the molecule is CC(Cc1ccccc1)Nc1ccc(N)c(C(N)=O)c1. The zero-order chi connectivity index (χ0) is 14.5. The molecule has 0 saturated carbocycles. The van der Waals surface area contributed by atoms with Gasteiger partial charge in [-0.1, -0.05) is 30.3 Å². The quantitative estimate of drug-likeness (QED) is 0.729. The Labute approximate surface area is 118 Å². The number of carbonyl (C=O) groups excluding carboxylic acids is 1. The number of benzene rings is 2. The summed E-state index contributed by atoms with van der Waals surface area (Å²) in [4.78, 5) is 11.3. The minimum Gasteiger partial charge on any atom is -0.398 e. The van der Waals surface area contributed by atoms with Crippen molar-refractivity contribution < 1.29 is 4.79 Å². The number of hydrogen-bond donors (Lipinski definition) is 3. The Morgan fingerprint density at radius 1 is 1.20 bits per heavy atom. The van der Waals surface area contributed by atoms with Crippen LogP contribution in [0.25, 0.3) is 0 Å². The molecule has 1 unspecified atom stereocenters. The number of amides is 1. The lowest BCUT2D eigenvalue weighted by molar-refractivity contribution is 0.100. The minimum atomic E-state index is -0.512. The van der Waals surface area contributed by atoms with Gasteiger partial charge in [0, 0.05) is 17.4 Å². The summed E-state index contributed by atoms with van der Waals surface area (Å²) < 4.78 is 0. The number of nitrogen functional groups attached to an aromatic ring is 1. The lowest BCUT2D eigenvalue weighted by atomic mass is 10.1. The van der Waals surface area contributed by atoms with Crippen LogP contribution < -0.4 is 16.8 Å². The number of carbonyl (C=O) groups is 1. The van der Waals surface area contributed by atoms with Crippen molar-refractivity contribution in [2.24, 2.45) is 5.73 Å². The maximum Gasteiger partial charge on any atom is 0.250 e. The summed E-state index contributed by atoms with van der Waals surface area (Å²) in [5, 5.41) is 3.35. The summed E-state index contributed by atoms with van der Waals surface area (Å²) in [7, 11) is 0. The highest BCUT2D eigenvalue weighted by molar-refractivity contribution is 5.98. The molecular weight excluding hydrogens is 250 g/mol. The molecule has 1 atom stereocenters. The van der Waals surface area contributed by atoms with Gasteiger partial charge in [0.1, 0.15) is 0 Å². The molecule has 0 aliphatic heterocycles. The fourth-order valence-electron chi connectivity index (χ4n) is 2.16. The maximum absolute atomic E-state index is 11.3. The van der Waals surface area contributed by atoms with Gasteiger partial charge in [-0.25, -0.2) is 0 Å². The molecule has 0 heterocycles. The molecule has 4 heteroatoms. The van der Waals surface area contributed by atoms with E-state index in [-0.39, 0.29) is 6.04 Å². The zero-order valence-corrected chi connectivity index (χ0v) is 11.5. The van der Waals surface area contributed by atoms with Crippen LogP contribution in [0.1, 0.15) is 22.8 Å². The lowest BCUT2D eigenvalue weighted by Gasteiger charge is -2.16. The van der Waals surface area contributed by atoms with Gasteiger partial charge in [0.25, 0.3) is 5.91 Å². The molecule has 2 aromatic rings. The van der Waals surface area contributed by atoms with Crippen molar-refractivity contribution >= 4 is 17.3 Å². The molecular formula is C16H19N3O. The first kappa shape index (κ1) is 13.9. The van der Waals surface area contributed by atoms with Crippen molar-refractivity contribution in [3.05, 3.63) is 59.7 Å². The molecule has 0 aliphatic carbocycles. The Kier molecular flexibility index (Phi) is 4.25. The number of primary amides is 1. The topological polar surface area (TPSA) is 81.1 Å². The van der Waals surface area contributed by atoms with Crippen LogP contribution in [0.2, 0.25) is 0 Å². The molecule has 0 saturated heterocycles. The van der Waals surface area contributed by atoms with Crippen molar-refractivity contribution in [1.82, 2.24) is 0 Å². The van der Waals surface area contributed by atoms with Gasteiger partial charge in [-0.05, 0) is 37.1 Å². The monoisotopic (exact) mass is 269 g/mol.